The van der Waals surface area contributed by atoms with Crippen LogP contribution < -0.4 is 4.74 Å². The fourth-order valence-electron chi connectivity index (χ4n) is 1.17. The average molecular weight is 234 g/mol. The molecule has 0 fully saturated rings. The van der Waals surface area contributed by atoms with E-state index in [-0.39, 0.29) is 0 Å². The third kappa shape index (κ3) is 2.80. The lowest BCUT2D eigenvalue weighted by Gasteiger charge is -2.02. The SMILES string of the molecule is ON=Cc1csc(COc2ccccc2)n1. The second-order valence-electron chi connectivity index (χ2n) is 3.01. The number of oxime groups is 1. The first-order valence-electron chi connectivity index (χ1n) is 4.68. The molecule has 1 aromatic heterocycles. The van der Waals surface area contributed by atoms with Gasteiger partial charge in [-0.25, -0.2) is 4.98 Å². The maximum atomic E-state index is 8.34. The van der Waals surface area contributed by atoms with Crippen molar-refractivity contribution in [3.05, 3.63) is 46.4 Å². The van der Waals surface area contributed by atoms with Gasteiger partial charge in [-0.2, -0.15) is 0 Å². The first-order valence-corrected chi connectivity index (χ1v) is 5.56. The van der Waals surface area contributed by atoms with E-state index in [9.17, 15) is 0 Å². The Morgan fingerprint density at radius 1 is 1.38 bits per heavy atom. The number of ether oxygens (including phenoxy) is 1. The van der Waals surface area contributed by atoms with Crippen molar-refractivity contribution < 1.29 is 9.94 Å². The maximum absolute atomic E-state index is 8.34. The predicted octanol–water partition coefficient (Wildman–Crippen LogP) is 2.53. The summed E-state index contributed by atoms with van der Waals surface area (Å²) in [5.74, 6) is 0.815. The molecule has 0 saturated heterocycles. The minimum absolute atomic E-state index is 0.425. The number of thiazole rings is 1. The number of benzene rings is 1. The van der Waals surface area contributed by atoms with Crippen LogP contribution in [0.5, 0.6) is 5.75 Å². The molecule has 5 heteroatoms. The normalized spacial score (nSPS) is 10.8. The van der Waals surface area contributed by atoms with Crippen LogP contribution in [-0.2, 0) is 6.61 Å². The fraction of sp³-hybridized carbons (Fsp3) is 0.0909. The summed E-state index contributed by atoms with van der Waals surface area (Å²) in [6.07, 6.45) is 1.29. The van der Waals surface area contributed by atoms with Crippen LogP contribution >= 0.6 is 11.3 Å². The second-order valence-corrected chi connectivity index (χ2v) is 3.96. The molecule has 1 aromatic carbocycles. The lowest BCUT2D eigenvalue weighted by molar-refractivity contribution is 0.305. The van der Waals surface area contributed by atoms with Crippen molar-refractivity contribution in [1.82, 2.24) is 4.98 Å². The van der Waals surface area contributed by atoms with Crippen LogP contribution in [0.2, 0.25) is 0 Å². The van der Waals surface area contributed by atoms with Gasteiger partial charge in [0.15, 0.2) is 0 Å². The molecule has 0 amide bonds. The van der Waals surface area contributed by atoms with Crippen molar-refractivity contribution in [2.75, 3.05) is 0 Å². The Bertz CT molecular complexity index is 468. The zero-order valence-corrected chi connectivity index (χ0v) is 9.22. The lowest BCUT2D eigenvalue weighted by atomic mass is 10.3. The highest BCUT2D eigenvalue weighted by Crippen LogP contribution is 2.14. The Labute approximate surface area is 96.8 Å². The summed E-state index contributed by atoms with van der Waals surface area (Å²) < 4.78 is 5.52. The molecule has 2 aromatic rings. The lowest BCUT2D eigenvalue weighted by Crippen LogP contribution is -1.94. The molecule has 0 spiro atoms. The summed E-state index contributed by atoms with van der Waals surface area (Å²) in [6, 6.07) is 9.56. The maximum Gasteiger partial charge on any atom is 0.140 e. The molecule has 1 heterocycles. The number of rotatable bonds is 4. The van der Waals surface area contributed by atoms with Crippen molar-refractivity contribution in [1.29, 1.82) is 0 Å². The Morgan fingerprint density at radius 3 is 2.94 bits per heavy atom. The van der Waals surface area contributed by atoms with E-state index in [1.807, 2.05) is 35.7 Å². The monoisotopic (exact) mass is 234 g/mol. The molecule has 0 aliphatic heterocycles. The number of nitrogens with zero attached hydrogens (tertiary/aromatic N) is 2. The van der Waals surface area contributed by atoms with Crippen molar-refractivity contribution in [3.8, 4) is 5.75 Å². The largest absolute Gasteiger partial charge is 0.486 e. The predicted molar refractivity (Wildman–Crippen MR) is 62.3 cm³/mol. The van der Waals surface area contributed by atoms with Gasteiger partial charge in [-0.15, -0.1) is 11.3 Å². The van der Waals surface area contributed by atoms with Crippen LogP contribution in [0.15, 0.2) is 40.9 Å². The topological polar surface area (TPSA) is 54.7 Å². The first-order chi connectivity index (χ1) is 7.88. The van der Waals surface area contributed by atoms with E-state index in [0.717, 1.165) is 10.8 Å². The van der Waals surface area contributed by atoms with Crippen molar-refractivity contribution >= 4 is 17.6 Å². The van der Waals surface area contributed by atoms with Crippen LogP contribution in [0.25, 0.3) is 0 Å². The number of aromatic nitrogens is 1. The van der Waals surface area contributed by atoms with Crippen molar-refractivity contribution in [2.45, 2.75) is 6.61 Å². The molecule has 2 rings (SSSR count). The Kier molecular flexibility index (Phi) is 3.50. The zero-order valence-electron chi connectivity index (χ0n) is 8.41. The molecule has 0 bridgehead atoms. The molecular formula is C11H10N2O2S. The van der Waals surface area contributed by atoms with Gasteiger partial charge in [0.05, 0.1) is 11.9 Å². The van der Waals surface area contributed by atoms with Crippen LogP contribution in [0, 0.1) is 0 Å². The first kappa shape index (κ1) is 10.6. The second kappa shape index (κ2) is 5.27. The van der Waals surface area contributed by atoms with E-state index in [4.69, 9.17) is 9.94 Å². The van der Waals surface area contributed by atoms with Crippen molar-refractivity contribution in [3.63, 3.8) is 0 Å². The highest BCUT2D eigenvalue weighted by atomic mass is 32.1. The van der Waals surface area contributed by atoms with Crippen LogP contribution in [0.3, 0.4) is 0 Å². The molecular weight excluding hydrogens is 224 g/mol. The molecule has 4 nitrogen and oxygen atoms in total. The standard InChI is InChI=1S/C11H10N2O2S/c14-12-6-9-8-16-11(13-9)7-15-10-4-2-1-3-5-10/h1-6,8,14H,7H2. The van der Waals surface area contributed by atoms with Gasteiger partial charge in [0.2, 0.25) is 0 Å². The van der Waals surface area contributed by atoms with Gasteiger partial charge in [0.1, 0.15) is 17.4 Å². The van der Waals surface area contributed by atoms with Crippen molar-refractivity contribution in [2.24, 2.45) is 5.16 Å². The highest BCUT2D eigenvalue weighted by molar-refractivity contribution is 7.09. The third-order valence-electron chi connectivity index (χ3n) is 1.87. The highest BCUT2D eigenvalue weighted by Gasteiger charge is 2.01. The summed E-state index contributed by atoms with van der Waals surface area (Å²) >= 11 is 1.47. The average Bonchev–Trinajstić information content (AvgIpc) is 2.76. The summed E-state index contributed by atoms with van der Waals surface area (Å²) in [5, 5.41) is 13.9. The van der Waals surface area contributed by atoms with E-state index < -0.39 is 0 Å². The van der Waals surface area contributed by atoms with Gasteiger partial charge in [-0.3, -0.25) is 0 Å². The molecule has 0 radical (unpaired) electrons. The van der Waals surface area contributed by atoms with Crippen LogP contribution in [-0.4, -0.2) is 16.4 Å². The quantitative estimate of drug-likeness (QED) is 0.502. The Morgan fingerprint density at radius 2 is 2.19 bits per heavy atom. The van der Waals surface area contributed by atoms with Crippen LogP contribution in [0.4, 0.5) is 0 Å². The third-order valence-corrected chi connectivity index (χ3v) is 2.71. The number of hydrogen-bond donors (Lipinski definition) is 1. The summed E-state index contributed by atoms with van der Waals surface area (Å²) in [5.41, 5.74) is 0.638. The van der Waals surface area contributed by atoms with Gasteiger partial charge in [-0.1, -0.05) is 23.4 Å². The van der Waals surface area contributed by atoms with E-state index in [1.54, 1.807) is 0 Å². The minimum atomic E-state index is 0.425. The summed E-state index contributed by atoms with van der Waals surface area (Å²) in [6.45, 7) is 0.425. The van der Waals surface area contributed by atoms with E-state index in [0.29, 0.717) is 12.3 Å². The smallest absolute Gasteiger partial charge is 0.140 e. The Balaban J connectivity index is 1.94. The molecule has 0 atom stereocenters. The molecule has 0 aliphatic rings. The van der Waals surface area contributed by atoms with Gasteiger partial charge >= 0.3 is 0 Å². The number of hydrogen-bond acceptors (Lipinski definition) is 5. The number of para-hydroxylation sites is 1. The van der Waals surface area contributed by atoms with Crippen LogP contribution in [0.1, 0.15) is 10.7 Å². The zero-order chi connectivity index (χ0) is 11.2. The molecule has 0 saturated carbocycles. The van der Waals surface area contributed by atoms with Gasteiger partial charge < -0.3 is 9.94 Å². The van der Waals surface area contributed by atoms with E-state index >= 15 is 0 Å². The van der Waals surface area contributed by atoms with E-state index in [2.05, 4.69) is 10.1 Å². The van der Waals surface area contributed by atoms with Gasteiger partial charge in [0, 0.05) is 5.38 Å². The molecule has 82 valence electrons. The minimum Gasteiger partial charge on any atom is -0.486 e. The molecule has 0 aliphatic carbocycles. The fourth-order valence-corrected chi connectivity index (χ4v) is 1.83. The summed E-state index contributed by atoms with van der Waals surface area (Å²) in [7, 11) is 0. The summed E-state index contributed by atoms with van der Waals surface area (Å²) in [4.78, 5) is 4.20. The van der Waals surface area contributed by atoms with E-state index in [1.165, 1.54) is 17.6 Å². The van der Waals surface area contributed by atoms with Gasteiger partial charge in [-0.05, 0) is 12.1 Å². The molecule has 1 N–H and O–H groups in total. The molecule has 16 heavy (non-hydrogen) atoms. The Hall–Kier alpha value is -1.88. The molecule has 0 unspecified atom stereocenters. The van der Waals surface area contributed by atoms with Gasteiger partial charge in [0.25, 0.3) is 0 Å².